The number of fused-ring (bicyclic) bond motifs is 6. The number of aromatic nitrogens is 3. The van der Waals surface area contributed by atoms with Crippen LogP contribution in [-0.2, 0) is 0 Å². The Labute approximate surface area is 426 Å². The Hall–Kier alpha value is -8.73. The summed E-state index contributed by atoms with van der Waals surface area (Å²) in [5, 5.41) is 5.08. The van der Waals surface area contributed by atoms with Gasteiger partial charge in [0.15, 0.2) is 0 Å². The summed E-state index contributed by atoms with van der Waals surface area (Å²) in [6.45, 7) is 0. The third-order valence-corrected chi connectivity index (χ3v) is 15.8. The first-order chi connectivity index (χ1) is 36.2. The molecule has 3 heterocycles. The Morgan fingerprint density at radius 3 is 1.47 bits per heavy atom. The second-order valence-corrected chi connectivity index (χ2v) is 20.0. The van der Waals surface area contributed by atoms with Crippen LogP contribution in [0.4, 0.5) is 5.69 Å². The molecule has 4 heteroatoms. The van der Waals surface area contributed by atoms with Gasteiger partial charge in [-0.2, -0.15) is 0 Å². The third-order valence-electron chi connectivity index (χ3n) is 15.8. The lowest BCUT2D eigenvalue weighted by Gasteiger charge is -2.35. The van der Waals surface area contributed by atoms with Gasteiger partial charge in [0.2, 0.25) is 0 Å². The van der Waals surface area contributed by atoms with Crippen LogP contribution < -0.4 is 4.90 Å². The third kappa shape index (κ3) is 7.64. The Kier molecular flexibility index (Phi) is 10.7. The minimum absolute atomic E-state index is 0.146. The minimum Gasteiger partial charge on any atom is -0.333 e. The van der Waals surface area contributed by atoms with E-state index in [4.69, 9.17) is 0 Å². The van der Waals surface area contributed by atoms with E-state index in [1.54, 1.807) is 0 Å². The Balaban J connectivity index is 0.876. The Morgan fingerprint density at radius 1 is 0.438 bits per heavy atom. The Morgan fingerprint density at radius 2 is 0.959 bits per heavy atom. The fourth-order valence-electron chi connectivity index (χ4n) is 12.2. The number of hydrogen-bond donors (Lipinski definition) is 0. The number of rotatable bonds is 9. The number of pyridine rings is 1. The lowest BCUT2D eigenvalue weighted by molar-refractivity contribution is 0.642. The molecule has 0 spiro atoms. The van der Waals surface area contributed by atoms with Crippen LogP contribution >= 0.6 is 0 Å². The van der Waals surface area contributed by atoms with E-state index in [9.17, 15) is 0 Å². The number of nitrogens with zero attached hydrogens (tertiary/aromatic N) is 4. The van der Waals surface area contributed by atoms with Gasteiger partial charge in [0, 0.05) is 66.9 Å². The van der Waals surface area contributed by atoms with Crippen LogP contribution in [0.1, 0.15) is 56.3 Å². The molecule has 73 heavy (non-hydrogen) atoms. The Bertz CT molecular complexity index is 4010. The number of allylic oxidation sites excluding steroid dienone is 12. The van der Waals surface area contributed by atoms with E-state index in [2.05, 4.69) is 250 Å². The summed E-state index contributed by atoms with van der Waals surface area (Å²) in [5.41, 5.74) is 21.3. The maximum Gasteiger partial charge on any atom is 0.0698 e. The quantitative estimate of drug-likeness (QED) is 0.144. The number of benzene rings is 7. The molecule has 0 amide bonds. The molecule has 4 aliphatic rings. The number of para-hydroxylation sites is 1. The van der Waals surface area contributed by atoms with Gasteiger partial charge < -0.3 is 14.0 Å². The van der Waals surface area contributed by atoms with Gasteiger partial charge >= 0.3 is 0 Å². The van der Waals surface area contributed by atoms with Gasteiger partial charge in [0.25, 0.3) is 0 Å². The summed E-state index contributed by atoms with van der Waals surface area (Å²) in [7, 11) is 0. The predicted molar refractivity (Wildman–Crippen MR) is 306 cm³/mol. The van der Waals surface area contributed by atoms with Crippen molar-refractivity contribution in [2.24, 2.45) is 0 Å². The van der Waals surface area contributed by atoms with E-state index in [1.807, 2.05) is 12.3 Å². The molecule has 2 unspecified atom stereocenters. The maximum atomic E-state index is 4.65. The summed E-state index contributed by atoms with van der Waals surface area (Å²) in [5.74, 6) is 0. The van der Waals surface area contributed by atoms with Gasteiger partial charge in [-0.05, 0) is 167 Å². The van der Waals surface area contributed by atoms with Gasteiger partial charge in [-0.15, -0.1) is 0 Å². The van der Waals surface area contributed by atoms with E-state index in [-0.39, 0.29) is 12.1 Å². The molecule has 2 atom stereocenters. The second-order valence-electron chi connectivity index (χ2n) is 20.0. The van der Waals surface area contributed by atoms with Crippen LogP contribution in [-0.4, -0.2) is 14.1 Å². The summed E-state index contributed by atoms with van der Waals surface area (Å²) in [4.78, 5) is 7.17. The summed E-state index contributed by atoms with van der Waals surface area (Å²) in [6.07, 6.45) is 29.5. The molecule has 0 saturated carbocycles. The molecule has 10 aromatic rings. The molecule has 4 aliphatic carbocycles. The van der Waals surface area contributed by atoms with Crippen LogP contribution in [0.15, 0.2) is 265 Å². The molecule has 14 rings (SSSR count). The maximum absolute atomic E-state index is 4.65. The number of anilines is 1. The highest BCUT2D eigenvalue weighted by Gasteiger charge is 2.27. The first-order valence-electron chi connectivity index (χ1n) is 26.1. The van der Waals surface area contributed by atoms with Crippen LogP contribution in [0.25, 0.3) is 82.6 Å². The van der Waals surface area contributed by atoms with Crippen molar-refractivity contribution in [3.63, 3.8) is 0 Å². The smallest absolute Gasteiger partial charge is 0.0698 e. The largest absolute Gasteiger partial charge is 0.333 e. The molecular weight excluding hydrogens is 885 g/mol. The van der Waals surface area contributed by atoms with E-state index in [1.165, 1.54) is 111 Å². The molecule has 0 N–H and O–H groups in total. The second kappa shape index (κ2) is 18.1. The SMILES string of the molecule is C1=CC2=C(CC1)C(N(C1=CCC(n3c4ccc(-c5ccccc5)cc4c4cc(-c5ccc6c(c5)c5cc(-c7ccccc7)ccc5n6C5C=CC(c6ccccn6)=CC5)ccc43)C=C1)c1ccccc1)=CCC2. The molecule has 0 aliphatic heterocycles. The van der Waals surface area contributed by atoms with Crippen molar-refractivity contribution in [1.82, 2.24) is 14.1 Å². The first-order valence-corrected chi connectivity index (χ1v) is 26.1. The molecule has 7 aromatic carbocycles. The van der Waals surface area contributed by atoms with Crippen molar-refractivity contribution < 1.29 is 0 Å². The lowest BCUT2D eigenvalue weighted by atomic mass is 9.87. The van der Waals surface area contributed by atoms with E-state index in [0.717, 1.165) is 44.2 Å². The average Bonchev–Trinajstić information content (AvgIpc) is 4.00. The molecular formula is C69H54N4. The van der Waals surface area contributed by atoms with Crippen molar-refractivity contribution in [3.8, 4) is 33.4 Å². The predicted octanol–water partition coefficient (Wildman–Crippen LogP) is 18.1. The van der Waals surface area contributed by atoms with Crippen molar-refractivity contribution in [1.29, 1.82) is 0 Å². The highest BCUT2D eigenvalue weighted by molar-refractivity contribution is 6.13. The van der Waals surface area contributed by atoms with Gasteiger partial charge in [0.1, 0.15) is 0 Å². The summed E-state index contributed by atoms with van der Waals surface area (Å²) in [6, 6.07) is 67.5. The van der Waals surface area contributed by atoms with Crippen molar-refractivity contribution >= 4 is 54.9 Å². The molecule has 0 bridgehead atoms. The molecule has 3 aromatic heterocycles. The van der Waals surface area contributed by atoms with E-state index >= 15 is 0 Å². The van der Waals surface area contributed by atoms with Crippen LogP contribution in [0.3, 0.4) is 0 Å². The van der Waals surface area contributed by atoms with Crippen molar-refractivity contribution in [3.05, 3.63) is 271 Å². The van der Waals surface area contributed by atoms with Gasteiger partial charge in [-0.25, -0.2) is 0 Å². The zero-order valence-corrected chi connectivity index (χ0v) is 40.8. The number of hydrogen-bond acceptors (Lipinski definition) is 2. The molecule has 0 fully saturated rings. The van der Waals surface area contributed by atoms with Crippen molar-refractivity contribution in [2.75, 3.05) is 4.90 Å². The van der Waals surface area contributed by atoms with E-state index < -0.39 is 0 Å². The summed E-state index contributed by atoms with van der Waals surface area (Å²) < 4.78 is 5.15. The highest BCUT2D eigenvalue weighted by atomic mass is 15.2. The molecule has 0 radical (unpaired) electrons. The fraction of sp³-hybridized carbons (Fsp3) is 0.116. The first kappa shape index (κ1) is 43.1. The van der Waals surface area contributed by atoms with Gasteiger partial charge in [-0.3, -0.25) is 4.98 Å². The van der Waals surface area contributed by atoms with Crippen molar-refractivity contribution in [2.45, 2.75) is 50.6 Å². The normalized spacial score (nSPS) is 17.6. The van der Waals surface area contributed by atoms with Gasteiger partial charge in [-0.1, -0.05) is 158 Å². The topological polar surface area (TPSA) is 26.0 Å². The van der Waals surface area contributed by atoms with Gasteiger partial charge in [0.05, 0.1) is 17.8 Å². The van der Waals surface area contributed by atoms with E-state index in [0.29, 0.717) is 0 Å². The highest BCUT2D eigenvalue weighted by Crippen LogP contribution is 2.44. The average molecular weight is 939 g/mol. The fourth-order valence-corrected chi connectivity index (χ4v) is 12.2. The zero-order chi connectivity index (χ0) is 48.2. The van der Waals surface area contributed by atoms with Crippen LogP contribution in [0, 0.1) is 0 Å². The molecule has 0 saturated heterocycles. The lowest BCUT2D eigenvalue weighted by Crippen LogP contribution is -2.26. The molecule has 350 valence electrons. The van der Waals surface area contributed by atoms with Crippen LogP contribution in [0.2, 0.25) is 0 Å². The molecule has 4 nitrogen and oxygen atoms in total. The van der Waals surface area contributed by atoms with Crippen LogP contribution in [0.5, 0.6) is 0 Å². The standard InChI is InChI=1S/C69H54N4/c1-4-15-47(16-5-1)51-28-38-66-60(43-51)62-45-53(30-40-68(62)72(66)57-32-26-50(27-33-57)64-24-12-13-42-70-64)54-31-41-69-63(46-54)61-44-52(48-17-6-2-7-18-48)29-39-67(61)73(69)58-36-34-56(35-37-58)71(55-21-8-3-9-22-55)65-25-14-20-49-19-10-11-23-59(49)65/h1-10,12-13,15-19,21-22,24-32,34-36,38-46,57-58H,11,14,20,23,33,37H2. The monoisotopic (exact) mass is 938 g/mol. The zero-order valence-electron chi connectivity index (χ0n) is 40.8. The minimum atomic E-state index is 0.146. The summed E-state index contributed by atoms with van der Waals surface area (Å²) >= 11 is 0.